The summed E-state index contributed by atoms with van der Waals surface area (Å²) < 4.78 is 1.60. The fraction of sp³-hybridized carbons (Fsp3) is 0.261. The second kappa shape index (κ2) is 8.54. The van der Waals surface area contributed by atoms with Crippen LogP contribution in [0.25, 0.3) is 28.1 Å². The quantitative estimate of drug-likeness (QED) is 0.400. The molecule has 0 atom stereocenters. The number of fused-ring (bicyclic) bond motifs is 2. The topological polar surface area (TPSA) is 103 Å². The highest BCUT2D eigenvalue weighted by Gasteiger charge is 2.16. The minimum Gasteiger partial charge on any atom is -0.354 e. The third-order valence-corrected chi connectivity index (χ3v) is 6.32. The molecule has 0 aliphatic carbocycles. The molecule has 1 aliphatic rings. The largest absolute Gasteiger partial charge is 0.354 e. The molecule has 6 rings (SSSR count). The van der Waals surface area contributed by atoms with Gasteiger partial charge < -0.3 is 20.1 Å². The second-order valence-electron chi connectivity index (χ2n) is 8.37. The van der Waals surface area contributed by atoms with E-state index in [4.69, 9.17) is 16.6 Å². The maximum absolute atomic E-state index is 6.22. The summed E-state index contributed by atoms with van der Waals surface area (Å²) in [6.07, 6.45) is 5.33. The molecule has 10 nitrogen and oxygen atoms in total. The van der Waals surface area contributed by atoms with Crippen molar-refractivity contribution in [3.05, 3.63) is 59.6 Å². The molecule has 5 aromatic heterocycles. The van der Waals surface area contributed by atoms with E-state index in [1.165, 1.54) is 0 Å². The number of nitrogens with zero attached hydrogens (tertiary/aromatic N) is 8. The molecule has 2 N–H and O–H groups in total. The SMILES string of the molecule is CN1CCN(c2ccc(CNc3nc(-c4ccc5ncc(Cl)n5n4)c4cc[nH]c4n3)cn2)CC1. The fourth-order valence-electron chi connectivity index (χ4n) is 4.11. The number of rotatable bonds is 5. The molecular formula is C23H23ClN10. The zero-order valence-electron chi connectivity index (χ0n) is 18.6. The van der Waals surface area contributed by atoms with E-state index in [-0.39, 0.29) is 0 Å². The van der Waals surface area contributed by atoms with Crippen molar-refractivity contribution in [3.8, 4) is 11.4 Å². The van der Waals surface area contributed by atoms with Crippen molar-refractivity contribution in [1.29, 1.82) is 0 Å². The number of H-pyrrole nitrogens is 1. The number of halogens is 1. The van der Waals surface area contributed by atoms with Crippen LogP contribution in [0.3, 0.4) is 0 Å². The summed E-state index contributed by atoms with van der Waals surface area (Å²) in [4.78, 5) is 26.1. The predicted octanol–water partition coefficient (Wildman–Crippen LogP) is 3.08. The van der Waals surface area contributed by atoms with Crippen molar-refractivity contribution in [2.24, 2.45) is 0 Å². The highest BCUT2D eigenvalue weighted by atomic mass is 35.5. The molecule has 0 saturated carbocycles. The van der Waals surface area contributed by atoms with Gasteiger partial charge in [0.1, 0.15) is 22.9 Å². The van der Waals surface area contributed by atoms with Gasteiger partial charge in [-0.05, 0) is 36.9 Å². The van der Waals surface area contributed by atoms with Crippen LogP contribution in [0.4, 0.5) is 11.8 Å². The Morgan fingerprint density at radius 2 is 1.88 bits per heavy atom. The molecule has 0 amide bonds. The first-order valence-corrected chi connectivity index (χ1v) is 11.5. The van der Waals surface area contributed by atoms with E-state index in [1.54, 1.807) is 10.7 Å². The highest BCUT2D eigenvalue weighted by Crippen LogP contribution is 2.26. The molecule has 5 aromatic rings. The number of hydrogen-bond donors (Lipinski definition) is 2. The van der Waals surface area contributed by atoms with Gasteiger partial charge in [0.05, 0.1) is 6.20 Å². The first-order chi connectivity index (χ1) is 16.6. The van der Waals surface area contributed by atoms with E-state index >= 15 is 0 Å². The molecule has 0 radical (unpaired) electrons. The summed E-state index contributed by atoms with van der Waals surface area (Å²) in [7, 11) is 2.15. The molecule has 1 aliphatic heterocycles. The molecule has 34 heavy (non-hydrogen) atoms. The zero-order valence-corrected chi connectivity index (χ0v) is 19.4. The van der Waals surface area contributed by atoms with Crippen LogP contribution in [-0.4, -0.2) is 72.7 Å². The Bertz CT molecular complexity index is 1450. The van der Waals surface area contributed by atoms with Gasteiger partial charge in [-0.1, -0.05) is 17.7 Å². The van der Waals surface area contributed by atoms with Gasteiger partial charge in [0, 0.05) is 50.5 Å². The van der Waals surface area contributed by atoms with Crippen LogP contribution in [0.2, 0.25) is 5.15 Å². The number of anilines is 2. The maximum Gasteiger partial charge on any atom is 0.225 e. The van der Waals surface area contributed by atoms with Crippen LogP contribution in [0, 0.1) is 0 Å². The molecule has 11 heteroatoms. The molecular weight excluding hydrogens is 452 g/mol. The van der Waals surface area contributed by atoms with Gasteiger partial charge in [0.2, 0.25) is 5.95 Å². The Balaban J connectivity index is 1.24. The molecule has 0 spiro atoms. The van der Waals surface area contributed by atoms with Gasteiger partial charge in [-0.25, -0.2) is 19.5 Å². The lowest BCUT2D eigenvalue weighted by Gasteiger charge is -2.33. The number of imidazole rings is 1. The third-order valence-electron chi connectivity index (χ3n) is 6.07. The standard InChI is InChI=1S/C23H23ClN10/c1-32-8-10-33(11-9-32)19-4-2-15(12-26-19)13-28-23-29-21(16-6-7-25-22(16)30-23)17-3-5-20-27-14-18(24)34(20)31-17/h2-7,12,14H,8-11,13H2,1H3,(H2,25,28,29,30). The van der Waals surface area contributed by atoms with E-state index in [2.05, 4.69) is 59.3 Å². The summed E-state index contributed by atoms with van der Waals surface area (Å²) in [6, 6.07) is 9.87. The molecule has 172 valence electrons. The van der Waals surface area contributed by atoms with Crippen molar-refractivity contribution in [2.45, 2.75) is 6.54 Å². The summed E-state index contributed by atoms with van der Waals surface area (Å²) in [5.41, 5.74) is 3.86. The third kappa shape index (κ3) is 3.91. The minimum atomic E-state index is 0.446. The average molecular weight is 475 g/mol. The van der Waals surface area contributed by atoms with Gasteiger partial charge >= 0.3 is 0 Å². The van der Waals surface area contributed by atoms with Gasteiger partial charge in [-0.15, -0.1) is 0 Å². The molecule has 0 bridgehead atoms. The average Bonchev–Trinajstić information content (AvgIpc) is 3.49. The minimum absolute atomic E-state index is 0.446. The van der Waals surface area contributed by atoms with Crippen molar-refractivity contribution < 1.29 is 0 Å². The second-order valence-corrected chi connectivity index (χ2v) is 8.76. The van der Waals surface area contributed by atoms with E-state index in [1.807, 2.05) is 30.6 Å². The van der Waals surface area contributed by atoms with E-state index in [0.29, 0.717) is 34.7 Å². The van der Waals surface area contributed by atoms with Crippen molar-refractivity contribution in [3.63, 3.8) is 0 Å². The summed E-state index contributed by atoms with van der Waals surface area (Å²) in [5.74, 6) is 1.52. The number of pyridine rings is 1. The van der Waals surface area contributed by atoms with Crippen LogP contribution in [0.15, 0.2) is 48.9 Å². The van der Waals surface area contributed by atoms with Crippen LogP contribution in [0.5, 0.6) is 0 Å². The Morgan fingerprint density at radius 1 is 1.00 bits per heavy atom. The summed E-state index contributed by atoms with van der Waals surface area (Å²) >= 11 is 6.22. The highest BCUT2D eigenvalue weighted by molar-refractivity contribution is 6.29. The number of hydrogen-bond acceptors (Lipinski definition) is 8. The predicted molar refractivity (Wildman–Crippen MR) is 132 cm³/mol. The first kappa shape index (κ1) is 20.8. The fourth-order valence-corrected chi connectivity index (χ4v) is 4.29. The first-order valence-electron chi connectivity index (χ1n) is 11.1. The number of nitrogens with one attached hydrogen (secondary N) is 2. The molecule has 1 saturated heterocycles. The number of aromatic amines is 1. The lowest BCUT2D eigenvalue weighted by atomic mass is 10.2. The van der Waals surface area contributed by atoms with Crippen molar-refractivity contribution in [2.75, 3.05) is 43.4 Å². The maximum atomic E-state index is 6.22. The van der Waals surface area contributed by atoms with Gasteiger partial charge in [0.15, 0.2) is 10.8 Å². The van der Waals surface area contributed by atoms with E-state index in [0.717, 1.165) is 48.6 Å². The molecule has 0 aromatic carbocycles. The Morgan fingerprint density at radius 3 is 2.71 bits per heavy atom. The van der Waals surface area contributed by atoms with Gasteiger partial charge in [-0.2, -0.15) is 10.1 Å². The number of likely N-dealkylation sites (N-methyl/N-ethyl adjacent to an activating group) is 1. The van der Waals surface area contributed by atoms with Gasteiger partial charge in [-0.3, -0.25) is 0 Å². The zero-order chi connectivity index (χ0) is 23.1. The Kier molecular flexibility index (Phi) is 5.23. The number of aromatic nitrogens is 7. The van der Waals surface area contributed by atoms with Crippen molar-refractivity contribution >= 4 is 40.0 Å². The van der Waals surface area contributed by atoms with Crippen LogP contribution in [0.1, 0.15) is 5.56 Å². The summed E-state index contributed by atoms with van der Waals surface area (Å²) in [5, 5.41) is 9.28. The monoisotopic (exact) mass is 474 g/mol. The van der Waals surface area contributed by atoms with Crippen LogP contribution < -0.4 is 10.2 Å². The lowest BCUT2D eigenvalue weighted by molar-refractivity contribution is 0.312. The molecule has 1 fully saturated rings. The Hall–Kier alpha value is -3.76. The van der Waals surface area contributed by atoms with Gasteiger partial charge in [0.25, 0.3) is 0 Å². The van der Waals surface area contributed by atoms with Crippen molar-refractivity contribution in [1.82, 2.24) is 39.4 Å². The summed E-state index contributed by atoms with van der Waals surface area (Å²) in [6.45, 7) is 4.67. The van der Waals surface area contributed by atoms with E-state index in [9.17, 15) is 0 Å². The normalized spacial score (nSPS) is 14.8. The Labute approximate surface area is 200 Å². The molecule has 0 unspecified atom stereocenters. The smallest absolute Gasteiger partial charge is 0.225 e. The lowest BCUT2D eigenvalue weighted by Crippen LogP contribution is -2.44. The molecule has 6 heterocycles. The van der Waals surface area contributed by atoms with Crippen LogP contribution >= 0.6 is 11.6 Å². The van der Waals surface area contributed by atoms with Crippen LogP contribution in [-0.2, 0) is 6.54 Å². The van der Waals surface area contributed by atoms with E-state index < -0.39 is 0 Å². The number of piperazine rings is 1.